The fourth-order valence-corrected chi connectivity index (χ4v) is 3.56. The Balaban J connectivity index is 2.36. The number of rotatable bonds is 10. The molecule has 1 atom stereocenters. The third kappa shape index (κ3) is 7.08. The van der Waals surface area contributed by atoms with Crippen molar-refractivity contribution in [1.29, 1.82) is 0 Å². The smallest absolute Gasteiger partial charge is 0.437 e. The third-order valence-electron chi connectivity index (χ3n) is 4.12. The summed E-state index contributed by atoms with van der Waals surface area (Å²) >= 11 is 5.86. The number of nitro benzene ring substituents is 1. The van der Waals surface area contributed by atoms with Crippen LogP contribution in [0, 0.1) is 10.1 Å². The van der Waals surface area contributed by atoms with Gasteiger partial charge in [0, 0.05) is 30.3 Å². The van der Waals surface area contributed by atoms with Gasteiger partial charge in [0.2, 0.25) is 12.7 Å². The first-order valence-electron chi connectivity index (χ1n) is 9.45. The molecular formula is C19H18ClF3N2O7P+. The fraction of sp³-hybridized carbons (Fsp3) is 0.368. The topological polar surface area (TPSA) is 118 Å². The van der Waals surface area contributed by atoms with Gasteiger partial charge in [-0.25, -0.2) is 4.98 Å². The molecule has 0 amide bonds. The van der Waals surface area contributed by atoms with Crippen LogP contribution in [0.15, 0.2) is 24.4 Å². The lowest BCUT2D eigenvalue weighted by molar-refractivity contribution is -0.383. The lowest BCUT2D eigenvalue weighted by atomic mass is 10.1. The van der Waals surface area contributed by atoms with Gasteiger partial charge in [0.25, 0.3) is 0 Å². The highest BCUT2D eigenvalue weighted by atomic mass is 35.5. The van der Waals surface area contributed by atoms with Gasteiger partial charge in [-0.3, -0.25) is 14.9 Å². The molecule has 14 heteroatoms. The summed E-state index contributed by atoms with van der Waals surface area (Å²) in [7, 11) is -2.86. The van der Waals surface area contributed by atoms with Gasteiger partial charge < -0.3 is 9.47 Å². The molecular weight excluding hydrogens is 492 g/mol. The monoisotopic (exact) mass is 509 g/mol. The van der Waals surface area contributed by atoms with Gasteiger partial charge in [-0.15, -0.1) is 0 Å². The van der Waals surface area contributed by atoms with Crippen LogP contribution in [0.1, 0.15) is 37.8 Å². The number of aromatic nitrogens is 1. The van der Waals surface area contributed by atoms with E-state index in [-0.39, 0.29) is 35.3 Å². The van der Waals surface area contributed by atoms with Gasteiger partial charge >= 0.3 is 31.2 Å². The predicted molar refractivity (Wildman–Crippen MR) is 111 cm³/mol. The molecule has 0 saturated carbocycles. The zero-order valence-corrected chi connectivity index (χ0v) is 19.0. The van der Waals surface area contributed by atoms with Crippen molar-refractivity contribution in [2.75, 3.05) is 6.79 Å². The highest BCUT2D eigenvalue weighted by Crippen LogP contribution is 2.38. The van der Waals surface area contributed by atoms with E-state index in [2.05, 4.69) is 4.98 Å². The van der Waals surface area contributed by atoms with Crippen molar-refractivity contribution in [1.82, 2.24) is 4.98 Å². The maximum atomic E-state index is 12.8. The van der Waals surface area contributed by atoms with Gasteiger partial charge in [0.15, 0.2) is 0 Å². The SMILES string of the molecule is CCCC(=O)OCO[P+](=O)c1cc(Oc2ncc(C(F)(F)F)cc2Cl)c(CC)cc1[N+](=O)[O-]. The number of aryl methyl sites for hydroxylation is 1. The molecule has 0 radical (unpaired) electrons. The normalized spacial score (nSPS) is 11.8. The molecule has 178 valence electrons. The van der Waals surface area contributed by atoms with Crippen molar-refractivity contribution in [3.05, 3.63) is 50.7 Å². The number of carbonyl (C=O) groups excluding carboxylic acids is 1. The molecule has 1 aromatic carbocycles. The van der Waals surface area contributed by atoms with E-state index in [1.165, 1.54) is 0 Å². The van der Waals surface area contributed by atoms with Gasteiger partial charge in [0.1, 0.15) is 10.8 Å². The van der Waals surface area contributed by atoms with Crippen LogP contribution in [-0.2, 0) is 31.2 Å². The average Bonchev–Trinajstić information content (AvgIpc) is 2.74. The van der Waals surface area contributed by atoms with E-state index in [0.717, 1.165) is 12.1 Å². The number of benzene rings is 1. The number of alkyl halides is 3. The number of pyridine rings is 1. The first-order valence-corrected chi connectivity index (χ1v) is 11.0. The zero-order chi connectivity index (χ0) is 24.8. The number of ether oxygens (including phenoxy) is 2. The molecule has 0 fully saturated rings. The average molecular weight is 510 g/mol. The van der Waals surface area contributed by atoms with Crippen LogP contribution in [0.5, 0.6) is 11.6 Å². The summed E-state index contributed by atoms with van der Waals surface area (Å²) < 4.78 is 66.2. The Morgan fingerprint density at radius 2 is 1.97 bits per heavy atom. The van der Waals surface area contributed by atoms with Crippen molar-refractivity contribution in [2.45, 2.75) is 39.3 Å². The number of hydrogen-bond acceptors (Lipinski definition) is 8. The molecule has 9 nitrogen and oxygen atoms in total. The summed E-state index contributed by atoms with van der Waals surface area (Å²) in [5.74, 6) is -1.05. The third-order valence-corrected chi connectivity index (χ3v) is 5.48. The highest BCUT2D eigenvalue weighted by molar-refractivity contribution is 7.48. The van der Waals surface area contributed by atoms with Gasteiger partial charge in [-0.05, 0) is 23.5 Å². The summed E-state index contributed by atoms with van der Waals surface area (Å²) in [5.41, 5.74) is -1.35. The van der Waals surface area contributed by atoms with Crippen molar-refractivity contribution in [2.24, 2.45) is 0 Å². The van der Waals surface area contributed by atoms with Crippen LogP contribution in [0.25, 0.3) is 0 Å². The Morgan fingerprint density at radius 1 is 1.27 bits per heavy atom. The predicted octanol–water partition coefficient (Wildman–Crippen LogP) is 5.70. The molecule has 0 aliphatic rings. The molecule has 2 aromatic rings. The second-order valence-electron chi connectivity index (χ2n) is 6.44. The van der Waals surface area contributed by atoms with E-state index in [0.29, 0.717) is 18.7 Å². The summed E-state index contributed by atoms with van der Waals surface area (Å²) in [6, 6.07) is 2.78. The van der Waals surface area contributed by atoms with Crippen LogP contribution >= 0.6 is 19.6 Å². The Kier molecular flexibility index (Phi) is 9.09. The Bertz CT molecular complexity index is 1070. The van der Waals surface area contributed by atoms with Crippen molar-refractivity contribution >= 4 is 36.6 Å². The minimum Gasteiger partial charge on any atom is -0.437 e. The minimum absolute atomic E-state index is 0.0674. The summed E-state index contributed by atoms with van der Waals surface area (Å²) in [5, 5.41) is 10.6. The molecule has 1 aromatic heterocycles. The molecule has 0 aliphatic heterocycles. The molecule has 0 N–H and O–H groups in total. The zero-order valence-electron chi connectivity index (χ0n) is 17.3. The molecule has 1 heterocycles. The molecule has 33 heavy (non-hydrogen) atoms. The van der Waals surface area contributed by atoms with Crippen LogP contribution in [0.4, 0.5) is 18.9 Å². The number of nitro groups is 1. The van der Waals surface area contributed by atoms with E-state index in [4.69, 9.17) is 25.6 Å². The molecule has 0 saturated heterocycles. The van der Waals surface area contributed by atoms with E-state index >= 15 is 0 Å². The number of hydrogen-bond donors (Lipinski definition) is 0. The second kappa shape index (κ2) is 11.4. The molecule has 0 aliphatic carbocycles. The lowest BCUT2D eigenvalue weighted by Crippen LogP contribution is -2.11. The lowest BCUT2D eigenvalue weighted by Gasteiger charge is -2.12. The Morgan fingerprint density at radius 3 is 2.52 bits per heavy atom. The van der Waals surface area contributed by atoms with E-state index in [1.54, 1.807) is 13.8 Å². The van der Waals surface area contributed by atoms with Crippen LogP contribution in [-0.4, -0.2) is 22.7 Å². The van der Waals surface area contributed by atoms with Gasteiger partial charge in [0.05, 0.1) is 10.5 Å². The van der Waals surface area contributed by atoms with Crippen molar-refractivity contribution in [3.63, 3.8) is 0 Å². The molecule has 1 unspecified atom stereocenters. The summed E-state index contributed by atoms with van der Waals surface area (Å²) in [6.07, 6.45) is -3.28. The second-order valence-corrected chi connectivity index (χ2v) is 8.10. The Labute approximate surface area is 191 Å². The largest absolute Gasteiger partial charge is 0.559 e. The number of carbonyl (C=O) groups is 1. The number of esters is 1. The highest BCUT2D eigenvalue weighted by Gasteiger charge is 2.36. The van der Waals surface area contributed by atoms with Crippen LogP contribution in [0.3, 0.4) is 0 Å². The van der Waals surface area contributed by atoms with Gasteiger partial charge in [-0.1, -0.05) is 30.0 Å². The summed E-state index contributed by atoms with van der Waals surface area (Å²) in [4.78, 5) is 25.6. The van der Waals surface area contributed by atoms with Crippen molar-refractivity contribution < 1.29 is 41.5 Å². The Hall–Kier alpha value is -2.82. The van der Waals surface area contributed by atoms with E-state index in [9.17, 15) is 32.6 Å². The maximum Gasteiger partial charge on any atom is 0.559 e. The molecule has 2 rings (SSSR count). The number of halogens is 4. The van der Waals surface area contributed by atoms with Crippen LogP contribution < -0.4 is 10.0 Å². The van der Waals surface area contributed by atoms with E-state index in [1.807, 2.05) is 0 Å². The summed E-state index contributed by atoms with van der Waals surface area (Å²) in [6.45, 7) is 2.71. The van der Waals surface area contributed by atoms with Crippen LogP contribution in [0.2, 0.25) is 5.02 Å². The van der Waals surface area contributed by atoms with E-state index < -0.39 is 48.2 Å². The first kappa shape index (κ1) is 26.4. The molecule has 0 spiro atoms. The quantitative estimate of drug-likeness (QED) is 0.131. The molecule has 0 bridgehead atoms. The number of nitrogens with zero attached hydrogens (tertiary/aromatic N) is 2. The first-order chi connectivity index (χ1) is 15.5. The van der Waals surface area contributed by atoms with Crippen molar-refractivity contribution in [3.8, 4) is 11.6 Å². The standard InChI is InChI=1S/C19H18ClF3N2O7P/c1-3-5-17(26)30-10-31-33(29)16-8-15(11(4-2)6-14(16)25(27)28)32-18-13(20)7-12(9-24-18)19(21,22)23/h6-9H,3-5,10H2,1-2H3/q+1. The fourth-order valence-electron chi connectivity index (χ4n) is 2.51. The minimum atomic E-state index is -4.67. The maximum absolute atomic E-state index is 12.8. The van der Waals surface area contributed by atoms with Gasteiger partial charge in [-0.2, -0.15) is 13.2 Å².